The summed E-state index contributed by atoms with van der Waals surface area (Å²) >= 11 is 0. The van der Waals surface area contributed by atoms with Crippen molar-refractivity contribution in [1.29, 1.82) is 0 Å². The molecule has 184 valence electrons. The summed E-state index contributed by atoms with van der Waals surface area (Å²) in [4.78, 5) is 91.6. The van der Waals surface area contributed by atoms with Crippen molar-refractivity contribution < 1.29 is 58.8 Å². The molecule has 8 N–H and O–H groups in total. The van der Waals surface area contributed by atoms with Crippen LogP contribution in [0.1, 0.15) is 33.1 Å². The van der Waals surface area contributed by atoms with Gasteiger partial charge in [-0.3, -0.25) is 33.6 Å². The van der Waals surface area contributed by atoms with Crippen LogP contribution < -0.4 is 21.3 Å². The van der Waals surface area contributed by atoms with E-state index in [1.807, 2.05) is 21.3 Å². The molecule has 0 aromatic carbocycles. The van der Waals surface area contributed by atoms with E-state index < -0.39 is 90.9 Å². The maximum atomic E-state index is 12.4. The summed E-state index contributed by atoms with van der Waals surface area (Å²) in [5, 5.41) is 43.4. The van der Waals surface area contributed by atoms with Crippen LogP contribution in [0.5, 0.6) is 0 Å². The molecule has 4 atom stereocenters. The first-order chi connectivity index (χ1) is 15.1. The van der Waals surface area contributed by atoms with Crippen LogP contribution in [-0.2, 0) is 38.4 Å². The molecule has 16 nitrogen and oxygen atoms in total. The zero-order valence-corrected chi connectivity index (χ0v) is 17.5. The number of hydrogen-bond acceptors (Lipinski definition) is 8. The Morgan fingerprint density at radius 2 is 0.939 bits per heavy atom. The molecular weight excluding hydrogens is 452 g/mol. The fourth-order valence-electron chi connectivity index (χ4n) is 2.34. The molecular formula is C17H24N4O12. The lowest BCUT2D eigenvalue weighted by atomic mass is 10.1. The van der Waals surface area contributed by atoms with Crippen LogP contribution in [0.4, 0.5) is 0 Å². The maximum Gasteiger partial charge on any atom is 0.326 e. The normalized spacial score (nSPS) is 13.9. The fraction of sp³-hybridized carbons (Fsp3) is 0.529. The first-order valence-corrected chi connectivity index (χ1v) is 9.20. The van der Waals surface area contributed by atoms with Gasteiger partial charge in [0.15, 0.2) is 0 Å². The molecule has 0 bridgehead atoms. The van der Waals surface area contributed by atoms with Crippen LogP contribution in [0, 0.1) is 0 Å². The summed E-state index contributed by atoms with van der Waals surface area (Å²) in [5.41, 5.74) is 0. The van der Waals surface area contributed by atoms with Crippen LogP contribution in [-0.4, -0.2) is 92.1 Å². The Balaban J connectivity index is 5.36. The van der Waals surface area contributed by atoms with Gasteiger partial charge >= 0.3 is 23.9 Å². The number of carbonyl (C=O) groups excluding carboxylic acids is 4. The van der Waals surface area contributed by atoms with Gasteiger partial charge in [0, 0.05) is 6.92 Å². The van der Waals surface area contributed by atoms with Crippen molar-refractivity contribution in [2.75, 3.05) is 0 Å². The number of hydrogen-bond donors (Lipinski definition) is 8. The second kappa shape index (κ2) is 13.2. The molecule has 0 rings (SSSR count). The van der Waals surface area contributed by atoms with Crippen molar-refractivity contribution in [3.8, 4) is 0 Å². The molecule has 33 heavy (non-hydrogen) atoms. The highest BCUT2D eigenvalue weighted by Gasteiger charge is 2.31. The lowest BCUT2D eigenvalue weighted by molar-refractivity contribution is -0.147. The third kappa shape index (κ3) is 11.7. The summed E-state index contributed by atoms with van der Waals surface area (Å²) in [6.45, 7) is 2.08. The second-order valence-corrected chi connectivity index (χ2v) is 6.74. The first-order valence-electron chi connectivity index (χ1n) is 9.20. The Morgan fingerprint density at radius 3 is 1.33 bits per heavy atom. The van der Waals surface area contributed by atoms with E-state index in [9.17, 15) is 38.4 Å². The number of rotatable bonds is 14. The minimum Gasteiger partial charge on any atom is -0.481 e. The summed E-state index contributed by atoms with van der Waals surface area (Å²) in [6, 6.07) is -6.72. The van der Waals surface area contributed by atoms with Gasteiger partial charge in [0.1, 0.15) is 24.2 Å². The minimum absolute atomic E-state index is 0.768. The minimum atomic E-state index is -1.81. The van der Waals surface area contributed by atoms with E-state index in [4.69, 9.17) is 20.4 Å². The highest BCUT2D eigenvalue weighted by atomic mass is 16.4. The number of amides is 4. The standard InChI is InChI=1S/C17H24N4O12/c1-6(14(29)21-10(17(32)33)5-13(27)28)18-15(30)9(4-12(25)26)20-16(31)8(3-11(23)24)19-7(2)22/h6,8-10H,3-5H2,1-2H3,(H,18,30)(H,19,22)(H,20,31)(H,21,29)(H,23,24)(H,25,26)(H,27,28)(H,32,33)/t6-,8-,9-,10-/m0/s1. The number of aliphatic carboxylic acids is 4. The zero-order valence-electron chi connectivity index (χ0n) is 17.5. The van der Waals surface area contributed by atoms with Crippen LogP contribution in [0.3, 0.4) is 0 Å². The molecule has 0 aliphatic heterocycles. The molecule has 0 spiro atoms. The van der Waals surface area contributed by atoms with Crippen LogP contribution >= 0.6 is 0 Å². The largest absolute Gasteiger partial charge is 0.481 e. The Morgan fingerprint density at radius 1 is 0.576 bits per heavy atom. The van der Waals surface area contributed by atoms with Gasteiger partial charge < -0.3 is 41.7 Å². The highest BCUT2D eigenvalue weighted by Crippen LogP contribution is 2.01. The quantitative estimate of drug-likeness (QED) is 0.121. The number of carboxylic acid groups (broad SMARTS) is 4. The van der Waals surface area contributed by atoms with E-state index in [1.165, 1.54) is 0 Å². The zero-order chi connectivity index (χ0) is 25.9. The average Bonchev–Trinajstić information content (AvgIpc) is 2.64. The Labute approximate surface area is 185 Å². The molecule has 0 radical (unpaired) electrons. The molecule has 0 aromatic rings. The molecule has 0 saturated carbocycles. The van der Waals surface area contributed by atoms with Gasteiger partial charge in [-0.15, -0.1) is 0 Å². The number of carboxylic acids is 4. The van der Waals surface area contributed by atoms with Gasteiger partial charge in [0.05, 0.1) is 19.3 Å². The van der Waals surface area contributed by atoms with Gasteiger partial charge in [-0.05, 0) is 6.92 Å². The molecule has 0 heterocycles. The lowest BCUT2D eigenvalue weighted by Crippen LogP contribution is -2.57. The Kier molecular flexibility index (Phi) is 11.5. The highest BCUT2D eigenvalue weighted by molar-refractivity contribution is 5.97. The molecule has 0 aromatic heterocycles. The van der Waals surface area contributed by atoms with E-state index in [-0.39, 0.29) is 0 Å². The Bertz CT molecular complexity index is 811. The summed E-state index contributed by atoms with van der Waals surface area (Å²) in [6.07, 6.45) is -2.80. The van der Waals surface area contributed by atoms with Gasteiger partial charge in [-0.25, -0.2) is 4.79 Å². The first kappa shape index (κ1) is 28.8. The van der Waals surface area contributed by atoms with E-state index >= 15 is 0 Å². The summed E-state index contributed by atoms with van der Waals surface area (Å²) in [7, 11) is 0. The molecule has 0 unspecified atom stereocenters. The van der Waals surface area contributed by atoms with Gasteiger partial charge in [-0.2, -0.15) is 0 Å². The van der Waals surface area contributed by atoms with Crippen molar-refractivity contribution in [2.24, 2.45) is 0 Å². The van der Waals surface area contributed by atoms with E-state index in [1.54, 1.807) is 0 Å². The van der Waals surface area contributed by atoms with Crippen molar-refractivity contribution in [2.45, 2.75) is 57.3 Å². The van der Waals surface area contributed by atoms with Crippen molar-refractivity contribution in [3.63, 3.8) is 0 Å². The van der Waals surface area contributed by atoms with Crippen LogP contribution in [0.25, 0.3) is 0 Å². The van der Waals surface area contributed by atoms with Crippen molar-refractivity contribution in [1.82, 2.24) is 21.3 Å². The second-order valence-electron chi connectivity index (χ2n) is 6.74. The van der Waals surface area contributed by atoms with Gasteiger partial charge in [0.2, 0.25) is 23.6 Å². The van der Waals surface area contributed by atoms with Gasteiger partial charge in [0.25, 0.3) is 0 Å². The molecule has 0 fully saturated rings. The maximum absolute atomic E-state index is 12.4. The lowest BCUT2D eigenvalue weighted by Gasteiger charge is -2.23. The monoisotopic (exact) mass is 476 g/mol. The van der Waals surface area contributed by atoms with Crippen LogP contribution in [0.2, 0.25) is 0 Å². The predicted octanol–water partition coefficient (Wildman–Crippen LogP) is -3.53. The van der Waals surface area contributed by atoms with E-state index in [0.717, 1.165) is 13.8 Å². The molecule has 0 saturated heterocycles. The fourth-order valence-corrected chi connectivity index (χ4v) is 2.34. The topological polar surface area (TPSA) is 266 Å². The average molecular weight is 476 g/mol. The smallest absolute Gasteiger partial charge is 0.326 e. The van der Waals surface area contributed by atoms with Crippen LogP contribution in [0.15, 0.2) is 0 Å². The summed E-state index contributed by atoms with van der Waals surface area (Å²) in [5.74, 6) is -10.4. The molecule has 0 aliphatic rings. The predicted molar refractivity (Wildman–Crippen MR) is 103 cm³/mol. The SMILES string of the molecule is CC(=O)N[C@@H](CC(=O)O)C(=O)N[C@@H](CC(=O)O)C(=O)N[C@@H](C)C(=O)N[C@@H](CC(=O)O)C(=O)O. The van der Waals surface area contributed by atoms with Crippen molar-refractivity contribution >= 4 is 47.5 Å². The third-order valence-corrected chi connectivity index (χ3v) is 3.83. The number of nitrogens with one attached hydrogen (secondary N) is 4. The molecule has 0 aliphatic carbocycles. The third-order valence-electron chi connectivity index (χ3n) is 3.83. The summed E-state index contributed by atoms with van der Waals surface area (Å²) < 4.78 is 0. The van der Waals surface area contributed by atoms with E-state index in [2.05, 4.69) is 0 Å². The van der Waals surface area contributed by atoms with E-state index in [0.29, 0.717) is 0 Å². The number of carbonyl (C=O) groups is 8. The Hall–Kier alpha value is -4.24. The van der Waals surface area contributed by atoms with Gasteiger partial charge in [-0.1, -0.05) is 0 Å². The molecule has 4 amide bonds. The van der Waals surface area contributed by atoms with Crippen molar-refractivity contribution in [3.05, 3.63) is 0 Å². The molecule has 16 heteroatoms.